The molecule has 0 saturated heterocycles. The Balaban J connectivity index is 4.25. The number of ether oxygens (including phenoxy) is 3. The smallest absolute Gasteiger partial charge is 0.306 e. The first kappa shape index (κ1) is 59.4. The molecule has 1 atom stereocenters. The Kier molecular flexibility index (Phi) is 48.1. The van der Waals surface area contributed by atoms with Crippen molar-refractivity contribution in [3.05, 3.63) is 0 Å². The van der Waals surface area contributed by atoms with E-state index in [1.807, 2.05) is 0 Å². The van der Waals surface area contributed by atoms with E-state index in [0.717, 1.165) is 63.7 Å². The van der Waals surface area contributed by atoms with Crippen LogP contribution in [0.3, 0.4) is 0 Å². The molecule has 0 unspecified atom stereocenters. The summed E-state index contributed by atoms with van der Waals surface area (Å²) in [6.07, 6.45) is 52.4. The van der Waals surface area contributed by atoms with Crippen LogP contribution in [0.25, 0.3) is 0 Å². The van der Waals surface area contributed by atoms with Crippen molar-refractivity contribution in [1.29, 1.82) is 0 Å². The van der Waals surface area contributed by atoms with Gasteiger partial charge in [0.25, 0.3) is 0 Å². The number of carbonyl (C=O) groups is 3. The Morgan fingerprint density at radius 3 is 0.803 bits per heavy atom. The lowest BCUT2D eigenvalue weighted by atomic mass is 10.0. The zero-order chi connectivity index (χ0) is 44.5. The average molecular weight is 863 g/mol. The van der Waals surface area contributed by atoms with Crippen molar-refractivity contribution < 1.29 is 28.6 Å². The summed E-state index contributed by atoms with van der Waals surface area (Å²) in [6.45, 7) is 9.03. The van der Waals surface area contributed by atoms with Gasteiger partial charge >= 0.3 is 17.9 Å². The van der Waals surface area contributed by atoms with Crippen LogP contribution in [0.4, 0.5) is 0 Å². The molecule has 0 amide bonds. The fourth-order valence-electron chi connectivity index (χ4n) is 8.39. The molecular formula is C55H106O6. The second-order valence-corrected chi connectivity index (χ2v) is 19.3. The Morgan fingerprint density at radius 1 is 0.311 bits per heavy atom. The standard InChI is InChI=1S/C55H106O6/c1-5-7-9-11-13-15-17-18-19-20-21-22-23-24-27-32-36-40-44-48-55(58)61-52(49-59-53(56)46-42-38-34-30-16-14-12-10-8-6-2)50-60-54(57)47-43-39-35-31-28-25-26-29-33-37-41-45-51(3)4/h51-52H,5-50H2,1-4H3/t52-/m0/s1. The first-order chi connectivity index (χ1) is 29.9. The minimum atomic E-state index is -0.761. The molecule has 61 heavy (non-hydrogen) atoms. The fraction of sp³-hybridized carbons (Fsp3) is 0.945. The van der Waals surface area contributed by atoms with E-state index >= 15 is 0 Å². The van der Waals surface area contributed by atoms with Gasteiger partial charge in [-0.1, -0.05) is 272 Å². The molecule has 0 aromatic rings. The molecule has 362 valence electrons. The van der Waals surface area contributed by atoms with Gasteiger partial charge in [-0.2, -0.15) is 0 Å². The van der Waals surface area contributed by atoms with E-state index < -0.39 is 6.10 Å². The summed E-state index contributed by atoms with van der Waals surface area (Å²) in [6, 6.07) is 0. The lowest BCUT2D eigenvalue weighted by Gasteiger charge is -2.18. The molecule has 0 radical (unpaired) electrons. The van der Waals surface area contributed by atoms with Crippen molar-refractivity contribution in [3.8, 4) is 0 Å². The third kappa shape index (κ3) is 49.3. The maximum Gasteiger partial charge on any atom is 0.306 e. The molecule has 0 heterocycles. The highest BCUT2D eigenvalue weighted by Crippen LogP contribution is 2.17. The predicted molar refractivity (Wildman–Crippen MR) is 261 cm³/mol. The van der Waals surface area contributed by atoms with Crippen molar-refractivity contribution in [2.45, 2.75) is 316 Å². The van der Waals surface area contributed by atoms with Gasteiger partial charge in [0, 0.05) is 19.3 Å². The normalized spacial score (nSPS) is 12.0. The van der Waals surface area contributed by atoms with Gasteiger partial charge in [0.15, 0.2) is 6.10 Å². The molecule has 0 bridgehead atoms. The third-order valence-corrected chi connectivity index (χ3v) is 12.5. The number of rotatable bonds is 50. The average Bonchev–Trinajstić information content (AvgIpc) is 3.24. The maximum absolute atomic E-state index is 12.8. The number of esters is 3. The summed E-state index contributed by atoms with van der Waals surface area (Å²) in [5.74, 6) is -0.0157. The topological polar surface area (TPSA) is 78.9 Å². The lowest BCUT2D eigenvalue weighted by Crippen LogP contribution is -2.30. The van der Waals surface area contributed by atoms with E-state index in [1.165, 1.54) is 205 Å². The number of hydrogen-bond acceptors (Lipinski definition) is 6. The van der Waals surface area contributed by atoms with Gasteiger partial charge in [-0.15, -0.1) is 0 Å². The first-order valence-electron chi connectivity index (χ1n) is 27.4. The molecular weight excluding hydrogens is 757 g/mol. The van der Waals surface area contributed by atoms with Crippen molar-refractivity contribution in [1.82, 2.24) is 0 Å². The zero-order valence-corrected chi connectivity index (χ0v) is 41.6. The van der Waals surface area contributed by atoms with E-state index in [0.29, 0.717) is 19.3 Å². The van der Waals surface area contributed by atoms with Gasteiger partial charge in [0.1, 0.15) is 13.2 Å². The quantitative estimate of drug-likeness (QED) is 0.0344. The first-order valence-corrected chi connectivity index (χ1v) is 27.4. The van der Waals surface area contributed by atoms with Gasteiger partial charge in [-0.25, -0.2) is 0 Å². The van der Waals surface area contributed by atoms with Crippen LogP contribution in [-0.4, -0.2) is 37.2 Å². The van der Waals surface area contributed by atoms with E-state index in [2.05, 4.69) is 27.7 Å². The second kappa shape index (κ2) is 49.4. The van der Waals surface area contributed by atoms with E-state index in [-0.39, 0.29) is 31.1 Å². The van der Waals surface area contributed by atoms with Gasteiger partial charge in [0.2, 0.25) is 0 Å². The zero-order valence-electron chi connectivity index (χ0n) is 41.6. The van der Waals surface area contributed by atoms with Crippen LogP contribution < -0.4 is 0 Å². The minimum Gasteiger partial charge on any atom is -0.462 e. The largest absolute Gasteiger partial charge is 0.462 e. The van der Waals surface area contributed by atoms with Crippen LogP contribution in [0, 0.1) is 5.92 Å². The molecule has 6 heteroatoms. The van der Waals surface area contributed by atoms with E-state index in [1.54, 1.807) is 0 Å². The van der Waals surface area contributed by atoms with Crippen molar-refractivity contribution >= 4 is 17.9 Å². The van der Waals surface area contributed by atoms with Crippen LogP contribution in [0.2, 0.25) is 0 Å². The van der Waals surface area contributed by atoms with E-state index in [9.17, 15) is 14.4 Å². The molecule has 0 aliphatic heterocycles. The maximum atomic E-state index is 12.8. The third-order valence-electron chi connectivity index (χ3n) is 12.5. The summed E-state index contributed by atoms with van der Waals surface area (Å²) >= 11 is 0. The second-order valence-electron chi connectivity index (χ2n) is 19.3. The summed E-state index contributed by atoms with van der Waals surface area (Å²) < 4.78 is 16.8. The van der Waals surface area contributed by atoms with Crippen molar-refractivity contribution in [2.75, 3.05) is 13.2 Å². The molecule has 0 aromatic carbocycles. The Labute approximate surface area is 380 Å². The molecule has 0 rings (SSSR count). The summed E-state index contributed by atoms with van der Waals surface area (Å²) in [7, 11) is 0. The molecule has 0 N–H and O–H groups in total. The number of hydrogen-bond donors (Lipinski definition) is 0. The summed E-state index contributed by atoms with van der Waals surface area (Å²) in [4.78, 5) is 38.0. The summed E-state index contributed by atoms with van der Waals surface area (Å²) in [5.41, 5.74) is 0. The number of carbonyl (C=O) groups excluding carboxylic acids is 3. The van der Waals surface area contributed by atoms with Crippen LogP contribution >= 0.6 is 0 Å². The lowest BCUT2D eigenvalue weighted by molar-refractivity contribution is -0.167. The molecule has 0 aliphatic rings. The highest BCUT2D eigenvalue weighted by Gasteiger charge is 2.19. The fourth-order valence-corrected chi connectivity index (χ4v) is 8.39. The highest BCUT2D eigenvalue weighted by atomic mass is 16.6. The minimum absolute atomic E-state index is 0.0627. The Morgan fingerprint density at radius 2 is 0.541 bits per heavy atom. The molecule has 6 nitrogen and oxygen atoms in total. The van der Waals surface area contributed by atoms with Crippen LogP contribution in [0.5, 0.6) is 0 Å². The van der Waals surface area contributed by atoms with Crippen molar-refractivity contribution in [2.24, 2.45) is 5.92 Å². The van der Waals surface area contributed by atoms with Crippen molar-refractivity contribution in [3.63, 3.8) is 0 Å². The monoisotopic (exact) mass is 863 g/mol. The van der Waals surface area contributed by atoms with E-state index in [4.69, 9.17) is 14.2 Å². The Bertz CT molecular complexity index is 918. The van der Waals surface area contributed by atoms with Crippen LogP contribution in [-0.2, 0) is 28.6 Å². The molecule has 0 saturated carbocycles. The number of unbranched alkanes of at least 4 members (excludes halogenated alkanes) is 37. The van der Waals surface area contributed by atoms with Crippen LogP contribution in [0.15, 0.2) is 0 Å². The van der Waals surface area contributed by atoms with Crippen LogP contribution in [0.1, 0.15) is 310 Å². The highest BCUT2D eigenvalue weighted by molar-refractivity contribution is 5.71. The molecule has 0 fully saturated rings. The Hall–Kier alpha value is -1.59. The molecule has 0 spiro atoms. The van der Waals surface area contributed by atoms with Gasteiger partial charge in [0.05, 0.1) is 0 Å². The van der Waals surface area contributed by atoms with Gasteiger partial charge in [-0.3, -0.25) is 14.4 Å². The van der Waals surface area contributed by atoms with Gasteiger partial charge in [-0.05, 0) is 25.2 Å². The van der Waals surface area contributed by atoms with Gasteiger partial charge < -0.3 is 14.2 Å². The predicted octanol–water partition coefficient (Wildman–Crippen LogP) is 17.8. The SMILES string of the molecule is CCCCCCCCCCCCCCCCCCCCCC(=O)O[C@@H](COC(=O)CCCCCCCCCCCC)COC(=O)CCCCCCCCCCCCCC(C)C. The summed E-state index contributed by atoms with van der Waals surface area (Å²) in [5, 5.41) is 0. The molecule has 0 aliphatic carbocycles. The molecule has 0 aromatic heterocycles.